The van der Waals surface area contributed by atoms with Gasteiger partial charge in [-0.3, -0.25) is 14.3 Å². The summed E-state index contributed by atoms with van der Waals surface area (Å²) in [5.41, 5.74) is 2.26. The lowest BCUT2D eigenvalue weighted by atomic mass is 10.1. The van der Waals surface area contributed by atoms with Gasteiger partial charge >= 0.3 is 0 Å². The number of benzene rings is 1. The Hall–Kier alpha value is -2.63. The van der Waals surface area contributed by atoms with Crippen molar-refractivity contribution in [2.24, 2.45) is 5.92 Å². The maximum atomic E-state index is 12.6. The number of hydrogen-bond acceptors (Lipinski definition) is 3. The van der Waals surface area contributed by atoms with Crippen LogP contribution in [0.1, 0.15) is 43.5 Å². The smallest absolute Gasteiger partial charge is 0.230 e. The Kier molecular flexibility index (Phi) is 4.49. The number of aromatic nitrogens is 2. The van der Waals surface area contributed by atoms with E-state index < -0.39 is 0 Å². The van der Waals surface area contributed by atoms with E-state index in [2.05, 4.69) is 10.4 Å². The average Bonchev–Trinajstić information content (AvgIpc) is 3.24. The molecule has 4 rings (SSSR count). The molecular weight excluding hydrogens is 328 g/mol. The SMILES string of the molecule is CC(c1ccccc1)N1CC(C(=O)Nc2cc3n(n2)CCCC3)CC1=O. The summed E-state index contributed by atoms with van der Waals surface area (Å²) < 4.78 is 1.97. The number of carbonyl (C=O) groups is 2. The van der Waals surface area contributed by atoms with E-state index in [1.165, 1.54) is 12.1 Å². The van der Waals surface area contributed by atoms with Crippen molar-refractivity contribution in [3.63, 3.8) is 0 Å². The first kappa shape index (κ1) is 16.8. The molecular formula is C20H24N4O2. The number of carbonyl (C=O) groups excluding carboxylic acids is 2. The highest BCUT2D eigenvalue weighted by atomic mass is 16.2. The van der Waals surface area contributed by atoms with Crippen LogP contribution in [0, 0.1) is 5.92 Å². The normalized spacial score (nSPS) is 20.7. The van der Waals surface area contributed by atoms with Gasteiger partial charge in [-0.15, -0.1) is 0 Å². The van der Waals surface area contributed by atoms with Gasteiger partial charge < -0.3 is 10.2 Å². The molecule has 1 N–H and O–H groups in total. The van der Waals surface area contributed by atoms with Crippen molar-refractivity contribution in [2.45, 2.75) is 45.2 Å². The summed E-state index contributed by atoms with van der Waals surface area (Å²) in [6, 6.07) is 11.9. The van der Waals surface area contributed by atoms with Crippen molar-refractivity contribution in [3.05, 3.63) is 47.7 Å². The lowest BCUT2D eigenvalue weighted by Gasteiger charge is -2.25. The van der Waals surface area contributed by atoms with Gasteiger partial charge in [0.1, 0.15) is 0 Å². The summed E-state index contributed by atoms with van der Waals surface area (Å²) >= 11 is 0. The molecule has 1 saturated heterocycles. The van der Waals surface area contributed by atoms with Crippen molar-refractivity contribution < 1.29 is 9.59 Å². The Labute approximate surface area is 153 Å². The quantitative estimate of drug-likeness (QED) is 0.920. The second-order valence-electron chi connectivity index (χ2n) is 7.22. The number of aryl methyl sites for hydroxylation is 2. The predicted octanol–water partition coefficient (Wildman–Crippen LogP) is 2.77. The molecule has 1 fully saturated rings. The minimum absolute atomic E-state index is 0.0265. The molecule has 6 nitrogen and oxygen atoms in total. The van der Waals surface area contributed by atoms with Crippen molar-refractivity contribution in [2.75, 3.05) is 11.9 Å². The fourth-order valence-corrected chi connectivity index (χ4v) is 3.90. The van der Waals surface area contributed by atoms with Gasteiger partial charge in [-0.2, -0.15) is 5.10 Å². The largest absolute Gasteiger partial charge is 0.335 e. The standard InChI is InChI=1S/C20H24N4O2/c1-14(15-7-3-2-4-8-15)23-13-16(11-19(23)25)20(26)21-18-12-17-9-5-6-10-24(17)22-18/h2-4,7-8,12,14,16H,5-6,9-11,13H2,1H3,(H,21,22,26). The first-order valence-electron chi connectivity index (χ1n) is 9.34. The molecule has 1 aromatic heterocycles. The summed E-state index contributed by atoms with van der Waals surface area (Å²) in [5.74, 6) is 0.198. The van der Waals surface area contributed by atoms with Gasteiger partial charge in [0, 0.05) is 31.3 Å². The second kappa shape index (κ2) is 6.94. The molecule has 2 aromatic rings. The number of nitrogens with zero attached hydrogens (tertiary/aromatic N) is 3. The average molecular weight is 352 g/mol. The van der Waals surface area contributed by atoms with E-state index in [0.717, 1.165) is 24.9 Å². The molecule has 2 amide bonds. The van der Waals surface area contributed by atoms with Crippen LogP contribution >= 0.6 is 0 Å². The highest BCUT2D eigenvalue weighted by molar-refractivity contribution is 5.96. The van der Waals surface area contributed by atoms with Crippen LogP contribution in [0.3, 0.4) is 0 Å². The maximum absolute atomic E-state index is 12.6. The number of likely N-dealkylation sites (tertiary alicyclic amines) is 1. The summed E-state index contributed by atoms with van der Waals surface area (Å²) in [4.78, 5) is 26.9. The fourth-order valence-electron chi connectivity index (χ4n) is 3.90. The van der Waals surface area contributed by atoms with E-state index in [1.54, 1.807) is 4.90 Å². The van der Waals surface area contributed by atoms with Crippen LogP contribution in [-0.2, 0) is 22.6 Å². The molecule has 136 valence electrons. The third kappa shape index (κ3) is 3.23. The van der Waals surface area contributed by atoms with E-state index in [4.69, 9.17) is 0 Å². The molecule has 0 bridgehead atoms. The Morgan fingerprint density at radius 1 is 1.27 bits per heavy atom. The van der Waals surface area contributed by atoms with E-state index in [0.29, 0.717) is 12.4 Å². The summed E-state index contributed by atoms with van der Waals surface area (Å²) in [6.07, 6.45) is 3.57. The van der Waals surface area contributed by atoms with Crippen LogP contribution in [0.15, 0.2) is 36.4 Å². The molecule has 0 radical (unpaired) electrons. The highest BCUT2D eigenvalue weighted by Gasteiger charge is 2.37. The number of rotatable bonds is 4. The molecule has 2 atom stereocenters. The first-order valence-corrected chi connectivity index (χ1v) is 9.34. The lowest BCUT2D eigenvalue weighted by molar-refractivity contribution is -0.129. The van der Waals surface area contributed by atoms with Gasteiger partial charge in [-0.25, -0.2) is 0 Å². The molecule has 6 heteroatoms. The molecule has 0 aliphatic carbocycles. The summed E-state index contributed by atoms with van der Waals surface area (Å²) in [6.45, 7) is 3.38. The third-order valence-corrected chi connectivity index (χ3v) is 5.45. The molecule has 2 aliphatic rings. The van der Waals surface area contributed by atoms with Crippen LogP contribution in [0.4, 0.5) is 5.82 Å². The lowest BCUT2D eigenvalue weighted by Crippen LogP contribution is -2.30. The summed E-state index contributed by atoms with van der Waals surface area (Å²) in [7, 11) is 0. The summed E-state index contributed by atoms with van der Waals surface area (Å²) in [5, 5.41) is 7.38. The van der Waals surface area contributed by atoms with Crippen molar-refractivity contribution in [1.29, 1.82) is 0 Å². The molecule has 26 heavy (non-hydrogen) atoms. The van der Waals surface area contributed by atoms with Gasteiger partial charge in [0.25, 0.3) is 0 Å². The van der Waals surface area contributed by atoms with Gasteiger partial charge in [-0.05, 0) is 31.7 Å². The van der Waals surface area contributed by atoms with Crippen molar-refractivity contribution >= 4 is 17.6 Å². The molecule has 1 aromatic carbocycles. The number of nitrogens with one attached hydrogen (secondary N) is 1. The van der Waals surface area contributed by atoms with E-state index in [9.17, 15) is 9.59 Å². The molecule has 0 saturated carbocycles. The third-order valence-electron chi connectivity index (χ3n) is 5.45. The second-order valence-corrected chi connectivity index (χ2v) is 7.22. The van der Waals surface area contributed by atoms with Gasteiger partial charge in [0.2, 0.25) is 11.8 Å². The van der Waals surface area contributed by atoms with Crippen LogP contribution in [-0.4, -0.2) is 33.0 Å². The van der Waals surface area contributed by atoms with E-state index >= 15 is 0 Å². The number of anilines is 1. The van der Waals surface area contributed by atoms with Crippen LogP contribution in [0.25, 0.3) is 0 Å². The minimum atomic E-state index is -0.326. The van der Waals surface area contributed by atoms with Gasteiger partial charge in [0.05, 0.1) is 12.0 Å². The maximum Gasteiger partial charge on any atom is 0.230 e. The molecule has 2 aliphatic heterocycles. The number of hydrogen-bond donors (Lipinski definition) is 1. The van der Waals surface area contributed by atoms with Crippen LogP contribution in [0.5, 0.6) is 0 Å². The van der Waals surface area contributed by atoms with Crippen LogP contribution < -0.4 is 5.32 Å². The van der Waals surface area contributed by atoms with Crippen molar-refractivity contribution in [3.8, 4) is 0 Å². The topological polar surface area (TPSA) is 67.2 Å². The highest BCUT2D eigenvalue weighted by Crippen LogP contribution is 2.29. The fraction of sp³-hybridized carbons (Fsp3) is 0.450. The predicted molar refractivity (Wildman–Crippen MR) is 98.5 cm³/mol. The molecule has 3 heterocycles. The monoisotopic (exact) mass is 352 g/mol. The Bertz CT molecular complexity index is 791. The Morgan fingerprint density at radius 2 is 2.08 bits per heavy atom. The Morgan fingerprint density at radius 3 is 2.85 bits per heavy atom. The van der Waals surface area contributed by atoms with Gasteiger partial charge in [0.15, 0.2) is 5.82 Å². The minimum Gasteiger partial charge on any atom is -0.335 e. The van der Waals surface area contributed by atoms with E-state index in [-0.39, 0.29) is 30.2 Å². The van der Waals surface area contributed by atoms with Gasteiger partial charge in [-0.1, -0.05) is 30.3 Å². The number of fused-ring (bicyclic) bond motifs is 1. The van der Waals surface area contributed by atoms with Crippen molar-refractivity contribution in [1.82, 2.24) is 14.7 Å². The zero-order valence-corrected chi connectivity index (χ0v) is 15.0. The first-order chi connectivity index (χ1) is 12.6. The number of amides is 2. The zero-order chi connectivity index (χ0) is 18.1. The molecule has 2 unspecified atom stereocenters. The Balaban J connectivity index is 1.41. The van der Waals surface area contributed by atoms with Crippen LogP contribution in [0.2, 0.25) is 0 Å². The molecule has 0 spiro atoms. The van der Waals surface area contributed by atoms with E-state index in [1.807, 2.05) is 48.0 Å². The zero-order valence-electron chi connectivity index (χ0n) is 15.0.